The van der Waals surface area contributed by atoms with Crippen LogP contribution in [0.1, 0.15) is 83.1 Å². The molecule has 1 fully saturated rings. The highest BCUT2D eigenvalue weighted by Gasteiger charge is 2.37. The first kappa shape index (κ1) is 37.8. The molecule has 53 heavy (non-hydrogen) atoms. The summed E-state index contributed by atoms with van der Waals surface area (Å²) in [5.41, 5.74) is 0.647. The molecule has 1 N–H and O–H groups in total. The Morgan fingerprint density at radius 3 is 2.13 bits per heavy atom. The molecule has 1 aliphatic carbocycles. The largest absolute Gasteiger partial charge is 0.497 e. The van der Waals surface area contributed by atoms with Gasteiger partial charge < -0.3 is 14.5 Å². The van der Waals surface area contributed by atoms with Crippen molar-refractivity contribution in [2.75, 3.05) is 16.7 Å². The van der Waals surface area contributed by atoms with E-state index in [1.54, 1.807) is 36.3 Å². The van der Waals surface area contributed by atoms with Gasteiger partial charge in [0.1, 0.15) is 18.1 Å². The number of nitrogens with one attached hydrogen (secondary N) is 1. The number of rotatable bonds is 12. The Balaban J connectivity index is 1.30. The number of carbonyl (C=O) groups is 2. The van der Waals surface area contributed by atoms with E-state index in [9.17, 15) is 40.0 Å². The maximum atomic E-state index is 14.7. The second-order valence-electron chi connectivity index (χ2n) is 13.4. The van der Waals surface area contributed by atoms with Crippen molar-refractivity contribution >= 4 is 33.2 Å². The third-order valence-corrected chi connectivity index (χ3v) is 11.6. The summed E-state index contributed by atoms with van der Waals surface area (Å²) < 4.78 is 105. The first-order valence-electron chi connectivity index (χ1n) is 17.2. The molecule has 4 aromatic carbocycles. The quantitative estimate of drug-likeness (QED) is 0.116. The third kappa shape index (κ3) is 7.73. The topological polar surface area (TPSA) is 96.0 Å². The number of halogens is 5. The van der Waals surface area contributed by atoms with Gasteiger partial charge in [0.2, 0.25) is 15.9 Å². The maximum Gasteiger partial charge on any atom is 0.254 e. The van der Waals surface area contributed by atoms with E-state index < -0.39 is 62.4 Å². The van der Waals surface area contributed by atoms with E-state index in [0.717, 1.165) is 43.7 Å². The van der Waals surface area contributed by atoms with Crippen LogP contribution in [0.2, 0.25) is 0 Å². The number of hydrogen-bond acceptors (Lipinski definition) is 5. The van der Waals surface area contributed by atoms with Crippen LogP contribution in [-0.2, 0) is 41.1 Å². The van der Waals surface area contributed by atoms with Crippen molar-refractivity contribution in [1.29, 1.82) is 0 Å². The van der Waals surface area contributed by atoms with Gasteiger partial charge in [0.25, 0.3) is 5.91 Å². The molecular weight excluding hydrogens is 718 g/mol. The van der Waals surface area contributed by atoms with Gasteiger partial charge in [-0.3, -0.25) is 14.3 Å². The van der Waals surface area contributed by atoms with Crippen LogP contribution in [0.5, 0.6) is 5.75 Å². The number of fused-ring (bicyclic) bond motifs is 1. The van der Waals surface area contributed by atoms with Crippen LogP contribution < -0.4 is 14.4 Å². The Hall–Kier alpha value is -4.98. The molecule has 1 aliphatic heterocycles. The molecule has 0 aromatic heterocycles. The Labute approximate surface area is 304 Å². The number of ether oxygens (including phenoxy) is 1. The van der Waals surface area contributed by atoms with Crippen LogP contribution in [0.25, 0.3) is 0 Å². The van der Waals surface area contributed by atoms with Gasteiger partial charge in [0.05, 0.1) is 19.2 Å². The lowest BCUT2D eigenvalue weighted by Crippen LogP contribution is -2.43. The van der Waals surface area contributed by atoms with Crippen LogP contribution in [0, 0.1) is 23.3 Å². The average molecular weight is 756 g/mol. The van der Waals surface area contributed by atoms with Crippen molar-refractivity contribution in [2.45, 2.75) is 76.5 Å². The Morgan fingerprint density at radius 2 is 1.53 bits per heavy atom. The van der Waals surface area contributed by atoms with Gasteiger partial charge in [-0.1, -0.05) is 55.7 Å². The Morgan fingerprint density at radius 1 is 0.906 bits per heavy atom. The predicted molar refractivity (Wildman–Crippen MR) is 190 cm³/mol. The van der Waals surface area contributed by atoms with Gasteiger partial charge in [0.15, 0.2) is 28.5 Å². The summed E-state index contributed by atoms with van der Waals surface area (Å²) >= 11 is 0. The van der Waals surface area contributed by atoms with E-state index in [-0.39, 0.29) is 24.7 Å². The molecule has 4 aromatic rings. The molecular formula is C39H38F5N3O5S. The molecule has 1 atom stereocenters. The number of benzene rings is 4. The zero-order chi connectivity index (χ0) is 38.0. The smallest absolute Gasteiger partial charge is 0.254 e. The fourth-order valence-electron chi connectivity index (χ4n) is 6.89. The molecule has 1 unspecified atom stereocenters. The van der Waals surface area contributed by atoms with Gasteiger partial charge in [-0.15, -0.1) is 0 Å². The summed E-state index contributed by atoms with van der Waals surface area (Å²) in [5, 5.41) is -2.05. The monoisotopic (exact) mass is 755 g/mol. The first-order chi connectivity index (χ1) is 25.3. The minimum Gasteiger partial charge on any atom is -0.497 e. The molecule has 1 saturated carbocycles. The highest BCUT2D eigenvalue weighted by molar-refractivity contribution is 7.94. The molecule has 6 rings (SSSR count). The van der Waals surface area contributed by atoms with Crippen LogP contribution in [0.15, 0.2) is 66.7 Å². The number of methoxy groups -OCH3 is 1. The third-order valence-electron chi connectivity index (χ3n) is 10.0. The molecule has 1 heterocycles. The van der Waals surface area contributed by atoms with Crippen LogP contribution in [-0.4, -0.2) is 37.5 Å². The molecule has 2 amide bonds. The number of sulfonamides is 1. The minimum atomic E-state index is -5.07. The summed E-state index contributed by atoms with van der Waals surface area (Å²) in [4.78, 5) is 30.3. The second-order valence-corrected chi connectivity index (χ2v) is 15.4. The molecule has 2 aliphatic rings. The van der Waals surface area contributed by atoms with Crippen LogP contribution >= 0.6 is 0 Å². The number of amides is 2. The molecule has 0 saturated heterocycles. The maximum absolute atomic E-state index is 14.7. The first-order valence-corrected chi connectivity index (χ1v) is 18.7. The Kier molecular flexibility index (Phi) is 11.1. The molecule has 280 valence electrons. The van der Waals surface area contributed by atoms with Crippen molar-refractivity contribution in [3.63, 3.8) is 0 Å². The molecule has 8 nitrogen and oxygen atoms in total. The van der Waals surface area contributed by atoms with E-state index in [1.165, 1.54) is 22.1 Å². The van der Waals surface area contributed by atoms with Gasteiger partial charge >= 0.3 is 0 Å². The van der Waals surface area contributed by atoms with Crippen molar-refractivity contribution in [3.05, 3.63) is 123 Å². The van der Waals surface area contributed by atoms with E-state index in [2.05, 4.69) is 0 Å². The standard InChI is InChI=1S/C39H38F5N3O5S/c1-23(53(50,51)45-37-35(43)33(41)32(19-40)34(42)36(37)44)38(48)47(21-25-8-12-27(13-9-25)26-6-4-3-5-7-26)29-14-17-31-28(18-29)22-46(39(31)49)20-24-10-15-30(52-2)16-11-24/h8-18,23,26,45H,3-7,19-22H2,1-2H3. The average Bonchev–Trinajstić information content (AvgIpc) is 3.48. The number of hydrogen-bond donors (Lipinski definition) is 1. The second kappa shape index (κ2) is 15.6. The zero-order valence-electron chi connectivity index (χ0n) is 29.1. The number of nitrogens with zero attached hydrogens (tertiary/aromatic N) is 2. The Bertz CT molecular complexity index is 2100. The molecule has 0 bridgehead atoms. The number of anilines is 2. The van der Waals surface area contributed by atoms with Crippen LogP contribution in [0.3, 0.4) is 0 Å². The number of alkyl halides is 1. The van der Waals surface area contributed by atoms with E-state index >= 15 is 0 Å². The summed E-state index contributed by atoms with van der Waals surface area (Å²) in [6.07, 6.45) is 5.61. The van der Waals surface area contributed by atoms with Gasteiger partial charge in [-0.05, 0) is 78.3 Å². The highest BCUT2D eigenvalue weighted by Crippen LogP contribution is 2.35. The SMILES string of the molecule is COc1ccc(CN2Cc3cc(N(Cc4ccc(C5CCCCC5)cc4)C(=O)C(C)S(=O)(=O)Nc4c(F)c(F)c(CF)c(F)c4F)ccc3C2=O)cc1. The lowest BCUT2D eigenvalue weighted by atomic mass is 9.84. The molecule has 0 radical (unpaired) electrons. The van der Waals surface area contributed by atoms with Crippen molar-refractivity contribution in [2.24, 2.45) is 0 Å². The minimum absolute atomic E-state index is 0.122. The fourth-order valence-corrected chi connectivity index (χ4v) is 7.92. The van der Waals surface area contributed by atoms with Crippen molar-refractivity contribution in [1.82, 2.24) is 4.90 Å². The zero-order valence-corrected chi connectivity index (χ0v) is 29.9. The lowest BCUT2D eigenvalue weighted by Gasteiger charge is -2.27. The predicted octanol–water partition coefficient (Wildman–Crippen LogP) is 8.29. The normalized spacial score (nSPS) is 15.3. The summed E-state index contributed by atoms with van der Waals surface area (Å²) in [6.45, 7) is -0.537. The van der Waals surface area contributed by atoms with Gasteiger partial charge in [-0.25, -0.2) is 30.4 Å². The highest BCUT2D eigenvalue weighted by atomic mass is 32.2. The van der Waals surface area contributed by atoms with Crippen LogP contribution in [0.4, 0.5) is 33.3 Å². The molecule has 0 spiro atoms. The van der Waals surface area contributed by atoms with Gasteiger partial charge in [0, 0.05) is 24.3 Å². The van der Waals surface area contributed by atoms with E-state index in [0.29, 0.717) is 34.9 Å². The van der Waals surface area contributed by atoms with E-state index in [1.807, 2.05) is 36.4 Å². The fraction of sp³-hybridized carbons (Fsp3) is 0.333. The lowest BCUT2D eigenvalue weighted by molar-refractivity contribution is -0.118. The van der Waals surface area contributed by atoms with Crippen molar-refractivity contribution < 1.29 is 44.7 Å². The summed E-state index contributed by atoms with van der Waals surface area (Å²) in [6, 6.07) is 19.6. The van der Waals surface area contributed by atoms with Crippen molar-refractivity contribution in [3.8, 4) is 5.75 Å². The molecule has 14 heteroatoms. The summed E-state index contributed by atoms with van der Waals surface area (Å²) in [7, 11) is -3.51. The number of carbonyl (C=O) groups excluding carboxylic acids is 2. The summed E-state index contributed by atoms with van der Waals surface area (Å²) in [5.74, 6) is -8.70. The van der Waals surface area contributed by atoms with E-state index in [4.69, 9.17) is 4.74 Å². The van der Waals surface area contributed by atoms with Gasteiger partial charge in [-0.2, -0.15) is 0 Å².